The maximum absolute atomic E-state index is 13.3. The Kier molecular flexibility index (Phi) is 3.31. The first-order valence-corrected chi connectivity index (χ1v) is 5.12. The van der Waals surface area contributed by atoms with Gasteiger partial charge in [0, 0.05) is 24.6 Å². The molecule has 17 heavy (non-hydrogen) atoms. The molecule has 0 aliphatic heterocycles. The molecule has 0 saturated carbocycles. The molecule has 0 amide bonds. The lowest BCUT2D eigenvalue weighted by Crippen LogP contribution is -2.00. The largest absolute Gasteiger partial charge is 0.381 e. The predicted molar refractivity (Wildman–Crippen MR) is 62.7 cm³/mol. The van der Waals surface area contributed by atoms with E-state index in [4.69, 9.17) is 5.26 Å². The molecule has 0 saturated heterocycles. The lowest BCUT2D eigenvalue weighted by molar-refractivity contribution is 0.624. The molecule has 2 aromatic rings. The van der Waals surface area contributed by atoms with Crippen LogP contribution in [0.3, 0.4) is 0 Å². The summed E-state index contributed by atoms with van der Waals surface area (Å²) in [5.74, 6) is -0.510. The topological polar surface area (TPSA) is 48.7 Å². The average molecular weight is 227 g/mol. The molecule has 84 valence electrons. The van der Waals surface area contributed by atoms with Crippen LogP contribution in [0.25, 0.3) is 0 Å². The SMILES string of the molecule is N#Cc1ccc(NCc2cccnc2)cc1F. The van der Waals surface area contributed by atoms with Crippen molar-refractivity contribution in [1.82, 2.24) is 4.98 Å². The Morgan fingerprint density at radius 3 is 2.88 bits per heavy atom. The first-order valence-electron chi connectivity index (χ1n) is 5.12. The minimum atomic E-state index is -0.510. The van der Waals surface area contributed by atoms with Gasteiger partial charge in [-0.15, -0.1) is 0 Å². The number of anilines is 1. The first-order chi connectivity index (χ1) is 8.29. The fraction of sp³-hybridized carbons (Fsp3) is 0.0769. The number of pyridine rings is 1. The Hall–Kier alpha value is -2.41. The van der Waals surface area contributed by atoms with Gasteiger partial charge >= 0.3 is 0 Å². The van der Waals surface area contributed by atoms with E-state index in [9.17, 15) is 4.39 Å². The summed E-state index contributed by atoms with van der Waals surface area (Å²) in [5, 5.41) is 11.7. The summed E-state index contributed by atoms with van der Waals surface area (Å²) in [7, 11) is 0. The molecule has 1 N–H and O–H groups in total. The van der Waals surface area contributed by atoms with Gasteiger partial charge in [-0.05, 0) is 29.8 Å². The van der Waals surface area contributed by atoms with E-state index in [2.05, 4.69) is 10.3 Å². The van der Waals surface area contributed by atoms with Crippen molar-refractivity contribution in [3.8, 4) is 6.07 Å². The number of benzene rings is 1. The monoisotopic (exact) mass is 227 g/mol. The van der Waals surface area contributed by atoms with Crippen LogP contribution in [-0.4, -0.2) is 4.98 Å². The maximum Gasteiger partial charge on any atom is 0.143 e. The van der Waals surface area contributed by atoms with Gasteiger partial charge < -0.3 is 5.32 Å². The van der Waals surface area contributed by atoms with Gasteiger partial charge in [-0.25, -0.2) is 4.39 Å². The summed E-state index contributed by atoms with van der Waals surface area (Å²) >= 11 is 0. The van der Waals surface area contributed by atoms with Crippen LogP contribution in [0, 0.1) is 17.1 Å². The fourth-order valence-corrected chi connectivity index (χ4v) is 1.42. The summed E-state index contributed by atoms with van der Waals surface area (Å²) in [4.78, 5) is 3.98. The van der Waals surface area contributed by atoms with Crippen LogP contribution < -0.4 is 5.32 Å². The highest BCUT2D eigenvalue weighted by Crippen LogP contribution is 2.14. The third-order valence-corrected chi connectivity index (χ3v) is 2.31. The van der Waals surface area contributed by atoms with Gasteiger partial charge in [0.1, 0.15) is 11.9 Å². The van der Waals surface area contributed by atoms with Gasteiger partial charge in [0.2, 0.25) is 0 Å². The zero-order valence-electron chi connectivity index (χ0n) is 9.02. The van der Waals surface area contributed by atoms with Gasteiger partial charge in [-0.3, -0.25) is 4.98 Å². The van der Waals surface area contributed by atoms with E-state index in [1.165, 1.54) is 12.1 Å². The van der Waals surface area contributed by atoms with Crippen LogP contribution >= 0.6 is 0 Å². The van der Waals surface area contributed by atoms with Crippen LogP contribution in [0.1, 0.15) is 11.1 Å². The zero-order valence-corrected chi connectivity index (χ0v) is 9.02. The van der Waals surface area contributed by atoms with Crippen molar-refractivity contribution in [3.05, 3.63) is 59.7 Å². The second kappa shape index (κ2) is 5.08. The molecule has 0 unspecified atom stereocenters. The predicted octanol–water partition coefficient (Wildman–Crippen LogP) is 2.70. The van der Waals surface area contributed by atoms with E-state index in [1.807, 2.05) is 12.1 Å². The van der Waals surface area contributed by atoms with Gasteiger partial charge in [-0.2, -0.15) is 5.26 Å². The minimum absolute atomic E-state index is 0.0527. The molecule has 0 fully saturated rings. The molecule has 1 aromatic carbocycles. The fourth-order valence-electron chi connectivity index (χ4n) is 1.42. The maximum atomic E-state index is 13.3. The molecule has 3 nitrogen and oxygen atoms in total. The number of nitriles is 1. The van der Waals surface area contributed by atoms with Crippen molar-refractivity contribution < 1.29 is 4.39 Å². The number of halogens is 1. The Balaban J connectivity index is 2.06. The van der Waals surface area contributed by atoms with E-state index in [-0.39, 0.29) is 5.56 Å². The van der Waals surface area contributed by atoms with E-state index >= 15 is 0 Å². The molecule has 4 heteroatoms. The highest BCUT2D eigenvalue weighted by atomic mass is 19.1. The number of rotatable bonds is 3. The van der Waals surface area contributed by atoms with Crippen molar-refractivity contribution in [2.24, 2.45) is 0 Å². The second-order valence-corrected chi connectivity index (χ2v) is 3.52. The van der Waals surface area contributed by atoms with E-state index in [1.54, 1.807) is 24.5 Å². The van der Waals surface area contributed by atoms with E-state index < -0.39 is 5.82 Å². The normalized spacial score (nSPS) is 9.65. The molecule has 0 bridgehead atoms. The highest BCUT2D eigenvalue weighted by Gasteiger charge is 2.02. The van der Waals surface area contributed by atoms with Crippen LogP contribution in [0.2, 0.25) is 0 Å². The zero-order chi connectivity index (χ0) is 12.1. The molecule has 1 heterocycles. The van der Waals surface area contributed by atoms with Gasteiger partial charge in [0.05, 0.1) is 5.56 Å². The third-order valence-electron chi connectivity index (χ3n) is 2.31. The summed E-state index contributed by atoms with van der Waals surface area (Å²) in [6, 6.07) is 10.0. The van der Waals surface area contributed by atoms with Crippen molar-refractivity contribution in [2.75, 3.05) is 5.32 Å². The Morgan fingerprint density at radius 2 is 2.24 bits per heavy atom. The van der Waals surface area contributed by atoms with E-state index in [0.717, 1.165) is 5.56 Å². The molecule has 0 aliphatic carbocycles. The standard InChI is InChI=1S/C13H10FN3/c14-13-6-12(4-3-11(13)7-15)17-9-10-2-1-5-16-8-10/h1-6,8,17H,9H2. The number of nitrogens with one attached hydrogen (secondary N) is 1. The third kappa shape index (κ3) is 2.79. The molecule has 1 aromatic heterocycles. The van der Waals surface area contributed by atoms with E-state index in [0.29, 0.717) is 12.2 Å². The van der Waals surface area contributed by atoms with Crippen molar-refractivity contribution in [3.63, 3.8) is 0 Å². The molecular formula is C13H10FN3. The van der Waals surface area contributed by atoms with Gasteiger partial charge in [-0.1, -0.05) is 6.07 Å². The molecule has 2 rings (SSSR count). The minimum Gasteiger partial charge on any atom is -0.381 e. The summed E-state index contributed by atoms with van der Waals surface area (Å²) in [6.07, 6.45) is 3.44. The molecule has 0 spiro atoms. The van der Waals surface area contributed by atoms with Crippen molar-refractivity contribution >= 4 is 5.69 Å². The Morgan fingerprint density at radius 1 is 1.35 bits per heavy atom. The number of aromatic nitrogens is 1. The molecular weight excluding hydrogens is 217 g/mol. The summed E-state index contributed by atoms with van der Waals surface area (Å²) in [6.45, 7) is 0.569. The van der Waals surface area contributed by atoms with Crippen LogP contribution in [0.15, 0.2) is 42.7 Å². The highest BCUT2D eigenvalue weighted by molar-refractivity contribution is 5.48. The van der Waals surface area contributed by atoms with Crippen LogP contribution in [0.4, 0.5) is 10.1 Å². The van der Waals surface area contributed by atoms with Crippen molar-refractivity contribution in [2.45, 2.75) is 6.54 Å². The molecule has 0 radical (unpaired) electrons. The first kappa shape index (κ1) is 11.1. The molecule has 0 atom stereocenters. The van der Waals surface area contributed by atoms with Crippen LogP contribution in [-0.2, 0) is 6.54 Å². The molecule has 0 aliphatic rings. The summed E-state index contributed by atoms with van der Waals surface area (Å²) < 4.78 is 13.3. The number of hydrogen-bond donors (Lipinski definition) is 1. The smallest absolute Gasteiger partial charge is 0.143 e. The quantitative estimate of drug-likeness (QED) is 0.877. The number of nitrogens with zero attached hydrogens (tertiary/aromatic N) is 2. The number of hydrogen-bond acceptors (Lipinski definition) is 3. The van der Waals surface area contributed by atoms with Crippen LogP contribution in [0.5, 0.6) is 0 Å². The summed E-state index contributed by atoms with van der Waals surface area (Å²) in [5.41, 5.74) is 1.71. The Bertz CT molecular complexity index is 546. The van der Waals surface area contributed by atoms with Gasteiger partial charge in [0.25, 0.3) is 0 Å². The van der Waals surface area contributed by atoms with Gasteiger partial charge in [0.15, 0.2) is 0 Å². The van der Waals surface area contributed by atoms with Crippen molar-refractivity contribution in [1.29, 1.82) is 5.26 Å². The second-order valence-electron chi connectivity index (χ2n) is 3.52. The lowest BCUT2D eigenvalue weighted by atomic mass is 10.2. The average Bonchev–Trinajstić information content (AvgIpc) is 2.38. The Labute approximate surface area is 98.5 Å². The lowest BCUT2D eigenvalue weighted by Gasteiger charge is -2.06.